The average Bonchev–Trinajstić information content (AvgIpc) is 2.22. The van der Waals surface area contributed by atoms with E-state index in [4.69, 9.17) is 5.11 Å². The number of nitrogens with zero attached hydrogens (tertiary/aromatic N) is 1. The first kappa shape index (κ1) is 12.7. The third-order valence-corrected chi connectivity index (χ3v) is 1.41. The van der Waals surface area contributed by atoms with Gasteiger partial charge in [-0.05, 0) is 12.2 Å². The molecule has 0 heterocycles. The molecule has 0 aromatic carbocycles. The largest absolute Gasteiger partial charge is 0.478 e. The van der Waals surface area contributed by atoms with E-state index in [1.165, 1.54) is 12.2 Å². The summed E-state index contributed by atoms with van der Waals surface area (Å²) < 4.78 is 0. The van der Waals surface area contributed by atoms with Crippen LogP contribution < -0.4 is 0 Å². The summed E-state index contributed by atoms with van der Waals surface area (Å²) in [5, 5.41) is 10.8. The van der Waals surface area contributed by atoms with Crippen molar-refractivity contribution in [2.24, 2.45) is 5.18 Å². The van der Waals surface area contributed by atoms with Gasteiger partial charge in [0, 0.05) is 10.7 Å². The second kappa shape index (κ2) is 6.20. The number of amides is 1. The molecule has 0 unspecified atom stereocenters. The van der Waals surface area contributed by atoms with Crippen LogP contribution in [0.15, 0.2) is 53.8 Å². The Morgan fingerprint density at radius 2 is 1.80 bits per heavy atom. The van der Waals surface area contributed by atoms with E-state index in [1.807, 2.05) is 0 Å². The summed E-state index contributed by atoms with van der Waals surface area (Å²) in [4.78, 5) is 31.5. The molecule has 0 fully saturated rings. The first-order valence-corrected chi connectivity index (χ1v) is 3.84. The molecule has 78 valence electrons. The van der Waals surface area contributed by atoms with Crippen molar-refractivity contribution in [3.63, 3.8) is 0 Å². The van der Waals surface area contributed by atoms with Gasteiger partial charge in [0.15, 0.2) is 0 Å². The predicted molar refractivity (Wildman–Crippen MR) is 55.0 cm³/mol. The number of carbonyl (C=O) groups is 2. The van der Waals surface area contributed by atoms with Gasteiger partial charge in [0.1, 0.15) is 0 Å². The quantitative estimate of drug-likeness (QED) is 0.421. The molecule has 0 aliphatic heterocycles. The van der Waals surface area contributed by atoms with Crippen LogP contribution in [0.25, 0.3) is 0 Å². The fourth-order valence-electron chi connectivity index (χ4n) is 0.736. The number of allylic oxidation sites excluding steroid dienone is 2. The molecule has 0 rings (SSSR count). The molecule has 0 aromatic rings. The van der Waals surface area contributed by atoms with E-state index in [0.29, 0.717) is 0 Å². The average molecular weight is 207 g/mol. The minimum atomic E-state index is -1.25. The zero-order valence-corrected chi connectivity index (χ0v) is 7.84. The second-order valence-corrected chi connectivity index (χ2v) is 2.36. The Hall–Kier alpha value is -2.30. The molecule has 1 amide bonds. The molecular weight excluding hydrogens is 198 g/mol. The van der Waals surface area contributed by atoms with Crippen LogP contribution in [0.4, 0.5) is 0 Å². The van der Waals surface area contributed by atoms with E-state index in [9.17, 15) is 14.5 Å². The van der Waals surface area contributed by atoms with Crippen molar-refractivity contribution in [2.75, 3.05) is 0 Å². The maximum absolute atomic E-state index is 10.9. The molecule has 0 atom stereocenters. The lowest BCUT2D eigenvalue weighted by Gasteiger charge is -1.95. The Balaban J connectivity index is 5.29. The minimum absolute atomic E-state index is 0.155. The van der Waals surface area contributed by atoms with Crippen LogP contribution in [-0.4, -0.2) is 17.0 Å². The number of aliphatic carboxylic acids is 1. The van der Waals surface area contributed by atoms with Gasteiger partial charge < -0.3 is 5.11 Å². The molecule has 0 aliphatic rings. The molecule has 0 radical (unpaired) electrons. The molecule has 15 heavy (non-hydrogen) atoms. The molecule has 0 saturated carbocycles. The lowest BCUT2D eigenvalue weighted by Crippen LogP contribution is -2.01. The van der Waals surface area contributed by atoms with Crippen molar-refractivity contribution in [3.8, 4) is 0 Å². The lowest BCUT2D eigenvalue weighted by molar-refractivity contribution is -0.132. The highest BCUT2D eigenvalue weighted by Gasteiger charge is 2.09. The van der Waals surface area contributed by atoms with Crippen molar-refractivity contribution in [3.05, 3.63) is 53.5 Å². The Kier molecular flexibility index (Phi) is 5.25. The summed E-state index contributed by atoms with van der Waals surface area (Å²) in [5.41, 5.74) is -0.364. The highest BCUT2D eigenvalue weighted by atomic mass is 16.4. The van der Waals surface area contributed by atoms with Crippen LogP contribution in [0, 0.1) is 4.91 Å². The van der Waals surface area contributed by atoms with Gasteiger partial charge in [-0.2, -0.15) is 0 Å². The summed E-state index contributed by atoms with van der Waals surface area (Å²) in [6.07, 6.45) is 4.49. The van der Waals surface area contributed by atoms with Crippen molar-refractivity contribution in [1.82, 2.24) is 0 Å². The summed E-state index contributed by atoms with van der Waals surface area (Å²) >= 11 is 0. The van der Waals surface area contributed by atoms with Gasteiger partial charge in [-0.3, -0.25) is 4.79 Å². The van der Waals surface area contributed by atoms with E-state index < -0.39 is 11.9 Å². The molecule has 0 spiro atoms. The van der Waals surface area contributed by atoms with Crippen LogP contribution in [0.1, 0.15) is 0 Å². The fourth-order valence-corrected chi connectivity index (χ4v) is 0.736. The molecule has 5 heteroatoms. The van der Waals surface area contributed by atoms with Crippen LogP contribution in [-0.2, 0) is 9.59 Å². The number of rotatable bonds is 5. The monoisotopic (exact) mass is 207 g/mol. The van der Waals surface area contributed by atoms with Gasteiger partial charge in [-0.15, -0.1) is 4.91 Å². The molecule has 0 aliphatic carbocycles. The van der Waals surface area contributed by atoms with Gasteiger partial charge in [0.25, 0.3) is 0 Å². The molecule has 0 bridgehead atoms. The Labute approximate surface area is 86.1 Å². The molecule has 5 nitrogen and oxygen atoms in total. The number of hydrogen-bond acceptors (Lipinski definition) is 3. The number of hydrogen-bond donors (Lipinski definition) is 1. The smallest absolute Gasteiger partial charge is 0.335 e. The van der Waals surface area contributed by atoms with Crippen LogP contribution in [0.3, 0.4) is 0 Å². The van der Waals surface area contributed by atoms with Crippen molar-refractivity contribution in [2.45, 2.75) is 0 Å². The topological polar surface area (TPSA) is 83.8 Å². The van der Waals surface area contributed by atoms with Crippen molar-refractivity contribution in [1.29, 1.82) is 0 Å². The van der Waals surface area contributed by atoms with E-state index in [-0.39, 0.29) is 11.1 Å². The summed E-state index contributed by atoms with van der Waals surface area (Å²) in [5.74, 6) is -2.31. The molecule has 0 aromatic heterocycles. The van der Waals surface area contributed by atoms with Gasteiger partial charge in [0.2, 0.25) is 0 Å². The Bertz CT molecular complexity index is 377. The van der Waals surface area contributed by atoms with Crippen LogP contribution in [0.2, 0.25) is 0 Å². The normalized spacial score (nSPS) is 11.7. The van der Waals surface area contributed by atoms with Crippen molar-refractivity contribution >= 4 is 11.9 Å². The van der Waals surface area contributed by atoms with Crippen LogP contribution in [0.5, 0.6) is 0 Å². The highest BCUT2D eigenvalue weighted by molar-refractivity contribution is 6.00. The third-order valence-electron chi connectivity index (χ3n) is 1.41. The minimum Gasteiger partial charge on any atom is -0.478 e. The number of carbonyl (C=O) groups excluding carboxylic acids is 1. The highest BCUT2D eigenvalue weighted by Crippen LogP contribution is 2.06. The van der Waals surface area contributed by atoms with E-state index >= 15 is 0 Å². The lowest BCUT2D eigenvalue weighted by atomic mass is 10.1. The molecule has 0 saturated heterocycles. The maximum Gasteiger partial charge on any atom is 0.335 e. The fraction of sp³-hybridized carbons (Fsp3) is 0. The first-order chi connectivity index (χ1) is 7.06. The van der Waals surface area contributed by atoms with Crippen molar-refractivity contribution < 1.29 is 14.7 Å². The first-order valence-electron chi connectivity index (χ1n) is 3.84. The van der Waals surface area contributed by atoms with Crippen LogP contribution >= 0.6 is 0 Å². The van der Waals surface area contributed by atoms with E-state index in [2.05, 4.69) is 18.3 Å². The summed E-state index contributed by atoms with van der Waals surface area (Å²) in [7, 11) is 0. The summed E-state index contributed by atoms with van der Waals surface area (Å²) in [6.45, 7) is 6.58. The molecular formula is C10H9NO4. The zero-order chi connectivity index (χ0) is 11.8. The standard InChI is InChI=1S/C10H9NO4/c1-3-5-8(9(12)11-15)6-7(4-2)10(13)14/h3-6H,1-2H2,(H,13,14)/b7-6+,8-5+. The van der Waals surface area contributed by atoms with E-state index in [1.54, 1.807) is 0 Å². The maximum atomic E-state index is 10.9. The number of carboxylic acid groups (broad SMARTS) is 1. The van der Waals surface area contributed by atoms with Gasteiger partial charge in [-0.25, -0.2) is 4.79 Å². The zero-order valence-electron chi connectivity index (χ0n) is 7.84. The van der Waals surface area contributed by atoms with E-state index in [0.717, 1.165) is 12.2 Å². The number of carboxylic acids is 1. The Morgan fingerprint density at radius 3 is 2.13 bits per heavy atom. The number of nitroso groups, excluding NO2 is 1. The summed E-state index contributed by atoms with van der Waals surface area (Å²) in [6, 6.07) is 0. The SMILES string of the molecule is C=C/C=C(\C=C(/C=C)C(=O)O)C(=O)N=O. The predicted octanol–water partition coefficient (Wildman–Crippen LogP) is 1.59. The third kappa shape index (κ3) is 3.95. The Morgan fingerprint density at radius 1 is 1.20 bits per heavy atom. The van der Waals surface area contributed by atoms with Gasteiger partial charge in [0.05, 0.1) is 5.57 Å². The van der Waals surface area contributed by atoms with Gasteiger partial charge >= 0.3 is 11.9 Å². The molecule has 1 N–H and O–H groups in total. The van der Waals surface area contributed by atoms with Gasteiger partial charge in [-0.1, -0.05) is 25.3 Å². The second-order valence-electron chi connectivity index (χ2n) is 2.36.